The summed E-state index contributed by atoms with van der Waals surface area (Å²) in [4.78, 5) is 15.8. The second-order valence-electron chi connectivity index (χ2n) is 6.20. The number of carbonyl (C=O) groups is 1. The van der Waals surface area contributed by atoms with Crippen molar-refractivity contribution in [3.8, 4) is 0 Å². The summed E-state index contributed by atoms with van der Waals surface area (Å²) in [5.74, 6) is 0. The lowest BCUT2D eigenvalue weighted by molar-refractivity contribution is 0.111. The highest BCUT2D eigenvalue weighted by atomic mass is 32.1. The predicted molar refractivity (Wildman–Crippen MR) is 112 cm³/mol. The van der Waals surface area contributed by atoms with Gasteiger partial charge in [0.05, 0.1) is 12.3 Å². The molecule has 0 unspecified atom stereocenters. The van der Waals surface area contributed by atoms with E-state index < -0.39 is 0 Å². The zero-order valence-corrected chi connectivity index (χ0v) is 17.2. The first-order valence-corrected chi connectivity index (χ1v) is 10.4. The molecule has 138 valence electrons. The summed E-state index contributed by atoms with van der Waals surface area (Å²) in [7, 11) is 0. The lowest BCUT2D eigenvalue weighted by Gasteiger charge is -2.02. The molecule has 0 aliphatic heterocycles. The van der Waals surface area contributed by atoms with Gasteiger partial charge in [0.25, 0.3) is 0 Å². The molecule has 0 bridgehead atoms. The highest BCUT2D eigenvalue weighted by Crippen LogP contribution is 2.29. The number of carbonyl (C=O) groups excluding carboxylic acids is 1. The standard InChI is InChI=1S/C10H13NOS.C10H11NOS/c2*1-3-11-9(6-12)5-8-4-7(2)13-10(8)11/h4-5,12H,3,6H2,1-2H3;4-6H,3H2,1-2H3. The summed E-state index contributed by atoms with van der Waals surface area (Å²) in [6.07, 6.45) is 0.922. The molecule has 0 aromatic carbocycles. The lowest BCUT2D eigenvalue weighted by Crippen LogP contribution is -1.98. The second-order valence-corrected chi connectivity index (χ2v) is 8.67. The number of fused-ring (bicyclic) bond motifs is 2. The van der Waals surface area contributed by atoms with Crippen LogP contribution in [-0.4, -0.2) is 20.5 Å². The molecule has 0 saturated carbocycles. The van der Waals surface area contributed by atoms with E-state index in [0.717, 1.165) is 30.8 Å². The monoisotopic (exact) mass is 388 g/mol. The molecule has 26 heavy (non-hydrogen) atoms. The Kier molecular flexibility index (Phi) is 5.65. The number of hydrogen-bond acceptors (Lipinski definition) is 4. The third-order valence-electron chi connectivity index (χ3n) is 4.42. The molecule has 0 amide bonds. The second kappa shape index (κ2) is 7.78. The molecule has 0 aliphatic rings. The van der Waals surface area contributed by atoms with Gasteiger partial charge < -0.3 is 14.2 Å². The Morgan fingerprint density at radius 3 is 1.96 bits per heavy atom. The molecule has 0 aliphatic carbocycles. The number of nitrogens with zero attached hydrogens (tertiary/aromatic N) is 2. The molecular formula is C20H24N2O2S2. The predicted octanol–water partition coefficient (Wildman–Crippen LogP) is 5.37. The fourth-order valence-corrected chi connectivity index (χ4v) is 5.47. The van der Waals surface area contributed by atoms with Crippen LogP contribution in [0.1, 0.15) is 39.8 Å². The van der Waals surface area contributed by atoms with Crippen LogP contribution in [0.4, 0.5) is 0 Å². The zero-order chi connectivity index (χ0) is 18.8. The Balaban J connectivity index is 0.000000151. The van der Waals surface area contributed by atoms with Crippen LogP contribution in [0.3, 0.4) is 0 Å². The van der Waals surface area contributed by atoms with Crippen LogP contribution < -0.4 is 0 Å². The number of aldehydes is 1. The summed E-state index contributed by atoms with van der Waals surface area (Å²) >= 11 is 3.53. The van der Waals surface area contributed by atoms with E-state index in [-0.39, 0.29) is 6.61 Å². The number of rotatable bonds is 4. The van der Waals surface area contributed by atoms with E-state index >= 15 is 0 Å². The zero-order valence-electron chi connectivity index (χ0n) is 15.6. The summed E-state index contributed by atoms with van der Waals surface area (Å²) < 4.78 is 4.23. The Morgan fingerprint density at radius 2 is 1.46 bits per heavy atom. The van der Waals surface area contributed by atoms with Gasteiger partial charge in [0.2, 0.25) is 0 Å². The van der Waals surface area contributed by atoms with Gasteiger partial charge in [-0.15, -0.1) is 22.7 Å². The molecule has 4 heterocycles. The van der Waals surface area contributed by atoms with Crippen molar-refractivity contribution in [1.29, 1.82) is 0 Å². The van der Waals surface area contributed by atoms with Crippen LogP contribution in [0.5, 0.6) is 0 Å². The highest BCUT2D eigenvalue weighted by molar-refractivity contribution is 7.19. The largest absolute Gasteiger partial charge is 0.390 e. The van der Waals surface area contributed by atoms with E-state index in [1.165, 1.54) is 30.2 Å². The van der Waals surface area contributed by atoms with Crippen LogP contribution >= 0.6 is 22.7 Å². The van der Waals surface area contributed by atoms with Gasteiger partial charge in [-0.2, -0.15) is 0 Å². The SMILES string of the molecule is CCn1c(C=O)cc2cc(C)sc21.CCn1c(CO)cc2cc(C)sc21. The van der Waals surface area contributed by atoms with E-state index in [1.54, 1.807) is 22.7 Å². The summed E-state index contributed by atoms with van der Waals surface area (Å²) in [5.41, 5.74) is 1.80. The molecule has 0 spiro atoms. The van der Waals surface area contributed by atoms with Crippen molar-refractivity contribution in [3.05, 3.63) is 45.4 Å². The molecule has 4 aromatic rings. The third-order valence-corrected chi connectivity index (χ3v) is 6.59. The van der Waals surface area contributed by atoms with E-state index in [0.29, 0.717) is 0 Å². The Hall–Kier alpha value is -1.89. The first kappa shape index (κ1) is 18.9. The molecule has 1 N–H and O–H groups in total. The molecule has 6 heteroatoms. The maximum atomic E-state index is 10.7. The third kappa shape index (κ3) is 3.37. The van der Waals surface area contributed by atoms with Crippen molar-refractivity contribution in [1.82, 2.24) is 9.13 Å². The minimum atomic E-state index is 0.133. The normalized spacial score (nSPS) is 11.1. The van der Waals surface area contributed by atoms with E-state index in [9.17, 15) is 4.79 Å². The minimum Gasteiger partial charge on any atom is -0.390 e. The van der Waals surface area contributed by atoms with Crippen LogP contribution in [0.2, 0.25) is 0 Å². The Labute approximate surface area is 161 Å². The van der Waals surface area contributed by atoms with E-state index in [4.69, 9.17) is 5.11 Å². The summed E-state index contributed by atoms with van der Waals surface area (Å²) in [6, 6.07) is 8.32. The number of aromatic nitrogens is 2. The van der Waals surface area contributed by atoms with Crippen molar-refractivity contribution in [3.63, 3.8) is 0 Å². The molecule has 0 fully saturated rings. The first-order chi connectivity index (χ1) is 12.5. The van der Waals surface area contributed by atoms with Crippen molar-refractivity contribution in [2.45, 2.75) is 47.4 Å². The van der Waals surface area contributed by atoms with Crippen molar-refractivity contribution in [2.24, 2.45) is 0 Å². The summed E-state index contributed by atoms with van der Waals surface area (Å²) in [6.45, 7) is 10.3. The van der Waals surface area contributed by atoms with Gasteiger partial charge in [-0.1, -0.05) is 0 Å². The van der Waals surface area contributed by atoms with Gasteiger partial charge in [0.15, 0.2) is 6.29 Å². The minimum absolute atomic E-state index is 0.133. The average molecular weight is 389 g/mol. The summed E-state index contributed by atoms with van der Waals surface area (Å²) in [5, 5.41) is 11.6. The number of aliphatic hydroxyl groups is 1. The average Bonchev–Trinajstić information content (AvgIpc) is 3.32. The molecule has 4 aromatic heterocycles. The van der Waals surface area contributed by atoms with E-state index in [1.807, 2.05) is 6.07 Å². The number of hydrogen-bond donors (Lipinski definition) is 1. The van der Waals surface area contributed by atoms with Gasteiger partial charge in [0, 0.05) is 39.3 Å². The van der Waals surface area contributed by atoms with Crippen LogP contribution in [0.15, 0.2) is 24.3 Å². The van der Waals surface area contributed by atoms with Crippen LogP contribution in [0.25, 0.3) is 20.4 Å². The molecular weight excluding hydrogens is 364 g/mol. The first-order valence-electron chi connectivity index (χ1n) is 8.76. The van der Waals surface area contributed by atoms with Crippen molar-refractivity contribution >= 4 is 49.4 Å². The Morgan fingerprint density at radius 1 is 0.923 bits per heavy atom. The highest BCUT2D eigenvalue weighted by Gasteiger charge is 2.09. The molecule has 0 atom stereocenters. The van der Waals surface area contributed by atoms with Gasteiger partial charge in [0.1, 0.15) is 9.66 Å². The van der Waals surface area contributed by atoms with Gasteiger partial charge in [-0.25, -0.2) is 0 Å². The fourth-order valence-electron chi connectivity index (χ4n) is 3.32. The van der Waals surface area contributed by atoms with Crippen molar-refractivity contribution in [2.75, 3.05) is 0 Å². The topological polar surface area (TPSA) is 47.2 Å². The van der Waals surface area contributed by atoms with Gasteiger partial charge in [-0.3, -0.25) is 4.79 Å². The van der Waals surface area contributed by atoms with Crippen LogP contribution in [0, 0.1) is 13.8 Å². The van der Waals surface area contributed by atoms with Gasteiger partial charge >= 0.3 is 0 Å². The quantitative estimate of drug-likeness (QED) is 0.478. The smallest absolute Gasteiger partial charge is 0.166 e. The molecule has 0 radical (unpaired) electrons. The van der Waals surface area contributed by atoms with Crippen LogP contribution in [-0.2, 0) is 19.7 Å². The number of thiophene rings is 2. The Bertz CT molecular complexity index is 1050. The number of aliphatic hydroxyl groups excluding tert-OH is 1. The molecule has 4 rings (SSSR count). The van der Waals surface area contributed by atoms with E-state index in [2.05, 4.69) is 55.0 Å². The number of aryl methyl sites for hydroxylation is 4. The van der Waals surface area contributed by atoms with Gasteiger partial charge in [-0.05, 0) is 52.0 Å². The molecule has 0 saturated heterocycles. The fraction of sp³-hybridized carbons (Fsp3) is 0.350. The lowest BCUT2D eigenvalue weighted by atomic mass is 10.3. The van der Waals surface area contributed by atoms with Crippen molar-refractivity contribution < 1.29 is 9.90 Å². The maximum absolute atomic E-state index is 10.7. The molecule has 4 nitrogen and oxygen atoms in total. The maximum Gasteiger partial charge on any atom is 0.166 e.